The van der Waals surface area contributed by atoms with Crippen LogP contribution in [0.2, 0.25) is 0 Å². The molecule has 0 aromatic carbocycles. The number of rotatable bonds is 4. The molecule has 1 fully saturated rings. The lowest BCUT2D eigenvalue weighted by Crippen LogP contribution is -2.44. The molecular weight excluding hydrogens is 386 g/mol. The number of pyridine rings is 1. The molecule has 3 aromatic heterocycles. The molecule has 1 aliphatic heterocycles. The van der Waals surface area contributed by atoms with Crippen molar-refractivity contribution in [3.05, 3.63) is 64.0 Å². The SMILES string of the molecule is O=C(NC1COCC1n1nc2c(cc1=O)CCCC2)c1cc(-c2cccnc2)on1. The summed E-state index contributed by atoms with van der Waals surface area (Å²) < 4.78 is 12.3. The minimum absolute atomic E-state index is 0.158. The second-order valence-corrected chi connectivity index (χ2v) is 7.61. The monoisotopic (exact) mass is 407 g/mol. The smallest absolute Gasteiger partial charge is 0.273 e. The summed E-state index contributed by atoms with van der Waals surface area (Å²) in [6.45, 7) is 0.616. The molecule has 1 N–H and O–H groups in total. The first-order chi connectivity index (χ1) is 14.7. The van der Waals surface area contributed by atoms with E-state index < -0.39 is 0 Å². The van der Waals surface area contributed by atoms with E-state index >= 15 is 0 Å². The minimum Gasteiger partial charge on any atom is -0.377 e. The van der Waals surface area contributed by atoms with E-state index in [9.17, 15) is 9.59 Å². The van der Waals surface area contributed by atoms with Crippen LogP contribution in [-0.2, 0) is 17.6 Å². The highest BCUT2D eigenvalue weighted by molar-refractivity contribution is 5.93. The van der Waals surface area contributed by atoms with Crippen LogP contribution in [0.4, 0.5) is 0 Å². The second-order valence-electron chi connectivity index (χ2n) is 7.61. The lowest BCUT2D eigenvalue weighted by molar-refractivity contribution is 0.0915. The molecule has 2 aliphatic rings. The van der Waals surface area contributed by atoms with Gasteiger partial charge >= 0.3 is 0 Å². The van der Waals surface area contributed by atoms with Crippen molar-refractivity contribution in [3.63, 3.8) is 0 Å². The summed E-state index contributed by atoms with van der Waals surface area (Å²) in [4.78, 5) is 29.4. The van der Waals surface area contributed by atoms with Gasteiger partial charge in [-0.2, -0.15) is 5.10 Å². The van der Waals surface area contributed by atoms with Crippen LogP contribution in [0.3, 0.4) is 0 Å². The fourth-order valence-electron chi connectivity index (χ4n) is 4.01. The highest BCUT2D eigenvalue weighted by atomic mass is 16.5. The van der Waals surface area contributed by atoms with Crippen molar-refractivity contribution in [1.29, 1.82) is 0 Å². The summed E-state index contributed by atoms with van der Waals surface area (Å²) in [5, 5.41) is 11.4. The van der Waals surface area contributed by atoms with E-state index in [-0.39, 0.29) is 29.2 Å². The van der Waals surface area contributed by atoms with Gasteiger partial charge in [-0.25, -0.2) is 4.68 Å². The van der Waals surface area contributed by atoms with Gasteiger partial charge in [-0.05, 0) is 43.4 Å². The van der Waals surface area contributed by atoms with E-state index in [1.807, 2.05) is 6.07 Å². The molecule has 5 rings (SSSR count). The van der Waals surface area contributed by atoms with Gasteiger partial charge in [0.15, 0.2) is 11.5 Å². The van der Waals surface area contributed by atoms with Crippen LogP contribution in [-0.4, -0.2) is 45.1 Å². The number of amides is 1. The Hall–Kier alpha value is -3.33. The lowest BCUT2D eigenvalue weighted by atomic mass is 9.97. The molecule has 0 radical (unpaired) electrons. The normalized spacial score (nSPS) is 20.7. The van der Waals surface area contributed by atoms with Gasteiger partial charge in [0, 0.05) is 30.1 Å². The molecule has 0 bridgehead atoms. The molecular formula is C21H21N5O4. The Morgan fingerprint density at radius 2 is 2.10 bits per heavy atom. The number of hydrogen-bond acceptors (Lipinski definition) is 7. The maximum atomic E-state index is 12.7. The summed E-state index contributed by atoms with van der Waals surface area (Å²) in [5.41, 5.74) is 2.73. The fourth-order valence-corrected chi connectivity index (χ4v) is 4.01. The average Bonchev–Trinajstić information content (AvgIpc) is 3.44. The van der Waals surface area contributed by atoms with Crippen molar-refractivity contribution in [2.45, 2.75) is 37.8 Å². The Bertz CT molecular complexity index is 1120. The number of carbonyl (C=O) groups is 1. The third-order valence-corrected chi connectivity index (χ3v) is 5.60. The molecule has 1 amide bonds. The van der Waals surface area contributed by atoms with Gasteiger partial charge in [0.25, 0.3) is 11.5 Å². The van der Waals surface area contributed by atoms with Crippen LogP contribution >= 0.6 is 0 Å². The number of nitrogens with zero attached hydrogens (tertiary/aromatic N) is 4. The van der Waals surface area contributed by atoms with Gasteiger partial charge < -0.3 is 14.6 Å². The van der Waals surface area contributed by atoms with E-state index in [4.69, 9.17) is 9.26 Å². The van der Waals surface area contributed by atoms with E-state index in [0.717, 1.165) is 42.5 Å². The van der Waals surface area contributed by atoms with Gasteiger partial charge in [0.1, 0.15) is 6.04 Å². The first kappa shape index (κ1) is 18.7. The van der Waals surface area contributed by atoms with E-state index in [1.54, 1.807) is 30.6 Å². The Morgan fingerprint density at radius 1 is 1.20 bits per heavy atom. The van der Waals surface area contributed by atoms with E-state index in [1.165, 1.54) is 4.68 Å². The standard InChI is InChI=1S/C21H21N5O4/c27-20-8-13-4-1-2-6-15(13)24-26(20)18-12-29-11-17(18)23-21(28)16-9-19(30-25-16)14-5-3-7-22-10-14/h3,5,7-10,17-18H,1-2,4,6,11-12H2,(H,23,28). The lowest BCUT2D eigenvalue weighted by Gasteiger charge is -2.22. The summed E-state index contributed by atoms with van der Waals surface area (Å²) in [5.74, 6) is 0.0699. The number of hydrogen-bond donors (Lipinski definition) is 1. The topological polar surface area (TPSA) is 112 Å². The zero-order chi connectivity index (χ0) is 20.5. The van der Waals surface area contributed by atoms with Gasteiger partial charge in [-0.3, -0.25) is 14.6 Å². The minimum atomic E-state index is -0.389. The molecule has 3 aromatic rings. The molecule has 0 saturated carbocycles. The van der Waals surface area contributed by atoms with Gasteiger partial charge in [-0.15, -0.1) is 0 Å². The molecule has 2 atom stereocenters. The van der Waals surface area contributed by atoms with Crippen molar-refractivity contribution >= 4 is 5.91 Å². The largest absolute Gasteiger partial charge is 0.377 e. The highest BCUT2D eigenvalue weighted by Crippen LogP contribution is 2.22. The first-order valence-electron chi connectivity index (χ1n) is 10.1. The predicted octanol–water partition coefficient (Wildman–Crippen LogP) is 1.54. The summed E-state index contributed by atoms with van der Waals surface area (Å²) >= 11 is 0. The third kappa shape index (κ3) is 3.52. The van der Waals surface area contributed by atoms with E-state index in [2.05, 4.69) is 20.6 Å². The quantitative estimate of drug-likeness (QED) is 0.698. The molecule has 4 heterocycles. The highest BCUT2D eigenvalue weighted by Gasteiger charge is 2.34. The number of fused-ring (bicyclic) bond motifs is 1. The van der Waals surface area contributed by atoms with Crippen LogP contribution in [0, 0.1) is 0 Å². The van der Waals surface area contributed by atoms with Crippen molar-refractivity contribution < 1.29 is 14.1 Å². The maximum Gasteiger partial charge on any atom is 0.273 e. The molecule has 9 heteroatoms. The number of nitrogens with one attached hydrogen (secondary N) is 1. The predicted molar refractivity (Wildman–Crippen MR) is 106 cm³/mol. The van der Waals surface area contributed by atoms with Crippen LogP contribution in [0.5, 0.6) is 0 Å². The molecule has 154 valence electrons. The fraction of sp³-hybridized carbons (Fsp3) is 0.381. The van der Waals surface area contributed by atoms with Crippen molar-refractivity contribution in [3.8, 4) is 11.3 Å². The van der Waals surface area contributed by atoms with Gasteiger partial charge in [-0.1, -0.05) is 5.16 Å². The first-order valence-corrected chi connectivity index (χ1v) is 10.1. The maximum absolute atomic E-state index is 12.7. The zero-order valence-electron chi connectivity index (χ0n) is 16.3. The van der Waals surface area contributed by atoms with Crippen molar-refractivity contribution in [1.82, 2.24) is 25.2 Å². The molecule has 0 spiro atoms. The Balaban J connectivity index is 1.34. The number of aromatic nitrogens is 4. The molecule has 30 heavy (non-hydrogen) atoms. The molecule has 1 saturated heterocycles. The molecule has 9 nitrogen and oxygen atoms in total. The average molecular weight is 407 g/mol. The third-order valence-electron chi connectivity index (χ3n) is 5.60. The Kier molecular flexibility index (Phi) is 4.88. The van der Waals surface area contributed by atoms with Crippen molar-refractivity contribution in [2.24, 2.45) is 0 Å². The summed E-state index contributed by atoms with van der Waals surface area (Å²) in [6.07, 6.45) is 7.22. The van der Waals surface area contributed by atoms with Crippen LogP contribution < -0.4 is 10.9 Å². The van der Waals surface area contributed by atoms with Gasteiger partial charge in [0.2, 0.25) is 0 Å². The summed E-state index contributed by atoms with van der Waals surface area (Å²) in [6, 6.07) is 6.10. The number of carbonyl (C=O) groups excluding carboxylic acids is 1. The van der Waals surface area contributed by atoms with E-state index in [0.29, 0.717) is 19.0 Å². The van der Waals surface area contributed by atoms with Crippen LogP contribution in [0.1, 0.15) is 40.6 Å². The van der Waals surface area contributed by atoms with Crippen LogP contribution in [0.15, 0.2) is 46.0 Å². The molecule has 2 unspecified atom stereocenters. The number of aryl methyl sites for hydroxylation is 2. The van der Waals surface area contributed by atoms with Crippen molar-refractivity contribution in [2.75, 3.05) is 13.2 Å². The Labute approximate surface area is 172 Å². The van der Waals surface area contributed by atoms with Crippen LogP contribution in [0.25, 0.3) is 11.3 Å². The second kappa shape index (κ2) is 7.83. The summed E-state index contributed by atoms with van der Waals surface area (Å²) in [7, 11) is 0. The Morgan fingerprint density at radius 3 is 2.97 bits per heavy atom. The zero-order valence-corrected chi connectivity index (χ0v) is 16.3. The van der Waals surface area contributed by atoms with Gasteiger partial charge in [0.05, 0.1) is 24.9 Å². The number of ether oxygens (including phenoxy) is 1. The molecule has 1 aliphatic carbocycles.